The van der Waals surface area contributed by atoms with Crippen molar-refractivity contribution in [3.8, 4) is 0 Å². The summed E-state index contributed by atoms with van der Waals surface area (Å²) in [5.74, 6) is -3.46. The highest BCUT2D eigenvalue weighted by Gasteiger charge is 2.03. The molecule has 0 radical (unpaired) electrons. The van der Waals surface area contributed by atoms with E-state index in [1.165, 1.54) is 19.9 Å². The van der Waals surface area contributed by atoms with Crippen LogP contribution in [0.1, 0.15) is 33.1 Å². The molecule has 0 saturated carbocycles. The minimum absolute atomic E-state index is 0.0232. The van der Waals surface area contributed by atoms with Crippen LogP contribution in [0.15, 0.2) is 23.8 Å². The Labute approximate surface area is 127 Å². The van der Waals surface area contributed by atoms with E-state index in [1.54, 1.807) is 0 Å². The molecule has 0 aliphatic rings. The second-order valence-corrected chi connectivity index (χ2v) is 4.18. The van der Waals surface area contributed by atoms with Crippen LogP contribution >= 0.6 is 0 Å². The highest BCUT2D eigenvalue weighted by atomic mass is 16.5. The smallest absolute Gasteiger partial charge is 0.333 e. The van der Waals surface area contributed by atoms with Crippen molar-refractivity contribution in [3.05, 3.63) is 23.8 Å². The van der Waals surface area contributed by atoms with Gasteiger partial charge in [0.15, 0.2) is 0 Å². The summed E-state index contributed by atoms with van der Waals surface area (Å²) in [6, 6.07) is 0. The largest absolute Gasteiger partial charge is 0.481 e. The van der Waals surface area contributed by atoms with Crippen LogP contribution in [-0.4, -0.2) is 45.8 Å². The van der Waals surface area contributed by atoms with Crippen LogP contribution in [0.4, 0.5) is 0 Å². The van der Waals surface area contributed by atoms with Gasteiger partial charge in [-0.05, 0) is 20.3 Å². The number of hydrogen-bond acceptors (Lipinski definition) is 5. The molecule has 0 aromatic heterocycles. The normalized spacial score (nSPS) is 10.0. The van der Waals surface area contributed by atoms with Gasteiger partial charge in [-0.25, -0.2) is 9.59 Å². The van der Waals surface area contributed by atoms with Gasteiger partial charge in [-0.3, -0.25) is 9.59 Å². The topological polar surface area (TPSA) is 138 Å². The minimum Gasteiger partial charge on any atom is -0.481 e. The molecule has 0 aromatic carbocycles. The lowest BCUT2D eigenvalue weighted by Crippen LogP contribution is -2.09. The summed E-state index contributed by atoms with van der Waals surface area (Å²) < 4.78 is 4.49. The molecule has 0 rings (SSSR count). The van der Waals surface area contributed by atoms with Gasteiger partial charge < -0.3 is 20.1 Å². The van der Waals surface area contributed by atoms with Crippen molar-refractivity contribution >= 4 is 23.9 Å². The zero-order valence-corrected chi connectivity index (χ0v) is 12.5. The zero-order valence-electron chi connectivity index (χ0n) is 12.5. The van der Waals surface area contributed by atoms with E-state index in [2.05, 4.69) is 11.3 Å². The van der Waals surface area contributed by atoms with E-state index in [0.717, 1.165) is 0 Å². The van der Waals surface area contributed by atoms with E-state index < -0.39 is 23.9 Å². The summed E-state index contributed by atoms with van der Waals surface area (Å²) >= 11 is 0. The van der Waals surface area contributed by atoms with Gasteiger partial charge in [0.1, 0.15) is 6.61 Å². The number of hydrogen-bond donors (Lipinski definition) is 3. The molecule has 22 heavy (non-hydrogen) atoms. The Balaban J connectivity index is 0. The third-order valence-corrected chi connectivity index (χ3v) is 2.04. The molecule has 3 N–H and O–H groups in total. The summed E-state index contributed by atoms with van der Waals surface area (Å²) in [4.78, 5) is 40.7. The molecule has 0 bridgehead atoms. The molecular formula is C14H20O8. The van der Waals surface area contributed by atoms with Crippen LogP contribution in [0, 0.1) is 0 Å². The number of ether oxygens (including phenoxy) is 1. The maximum absolute atomic E-state index is 10.6. The monoisotopic (exact) mass is 316 g/mol. The predicted molar refractivity (Wildman–Crippen MR) is 76.3 cm³/mol. The summed E-state index contributed by atoms with van der Waals surface area (Å²) in [6.45, 7) is 6.17. The van der Waals surface area contributed by atoms with Crippen LogP contribution in [-0.2, 0) is 23.9 Å². The van der Waals surface area contributed by atoms with Crippen molar-refractivity contribution in [3.63, 3.8) is 0 Å². The molecule has 0 atom stereocenters. The molecule has 0 fully saturated rings. The Morgan fingerprint density at radius 1 is 1.00 bits per heavy atom. The van der Waals surface area contributed by atoms with Gasteiger partial charge in [0.2, 0.25) is 0 Å². The Bertz CT molecular complexity index is 461. The first-order valence-electron chi connectivity index (χ1n) is 6.24. The summed E-state index contributed by atoms with van der Waals surface area (Å²) in [5.41, 5.74) is 0.460. The van der Waals surface area contributed by atoms with E-state index in [4.69, 9.17) is 15.3 Å². The Morgan fingerprint density at radius 2 is 1.50 bits per heavy atom. The number of carbonyl (C=O) groups is 4. The number of rotatable bonds is 8. The Morgan fingerprint density at radius 3 is 1.86 bits per heavy atom. The third kappa shape index (κ3) is 15.4. The van der Waals surface area contributed by atoms with Gasteiger partial charge in [-0.1, -0.05) is 12.7 Å². The highest BCUT2D eigenvalue weighted by molar-refractivity contribution is 5.87. The second-order valence-electron chi connectivity index (χ2n) is 4.18. The first-order chi connectivity index (χ1) is 10.1. The van der Waals surface area contributed by atoms with Crippen molar-refractivity contribution in [1.82, 2.24) is 0 Å². The summed E-state index contributed by atoms with van der Waals surface area (Å²) in [5, 5.41) is 24.7. The fourth-order valence-electron chi connectivity index (χ4n) is 0.854. The van der Waals surface area contributed by atoms with Crippen LogP contribution in [0.5, 0.6) is 0 Å². The average molecular weight is 316 g/mol. The van der Waals surface area contributed by atoms with E-state index in [0.29, 0.717) is 0 Å². The van der Waals surface area contributed by atoms with Crippen molar-refractivity contribution in [2.75, 3.05) is 6.61 Å². The van der Waals surface area contributed by atoms with Gasteiger partial charge in [-0.15, -0.1) is 0 Å². The fraction of sp³-hybridized carbons (Fsp3) is 0.429. The molecule has 0 aromatic rings. The summed E-state index contributed by atoms with van der Waals surface area (Å²) in [6.07, 6.45) is 1.48. The molecule has 0 spiro atoms. The third-order valence-electron chi connectivity index (χ3n) is 2.04. The van der Waals surface area contributed by atoms with Gasteiger partial charge in [-0.2, -0.15) is 0 Å². The first-order valence-corrected chi connectivity index (χ1v) is 6.24. The standard InChI is InChI=1S/2C7H10O4/c1-5(2)7(10)11-4-3-6(8)9;1-5(7(10)11)3-2-4-6(8)9/h1,3-4H2,2H3,(H,8,9);3H,2,4H2,1H3,(H,8,9)(H,10,11). The van der Waals surface area contributed by atoms with Gasteiger partial charge in [0, 0.05) is 17.6 Å². The highest BCUT2D eigenvalue weighted by Crippen LogP contribution is 1.98. The lowest BCUT2D eigenvalue weighted by molar-refractivity contribution is -0.143. The summed E-state index contributed by atoms with van der Waals surface area (Å²) in [7, 11) is 0. The Kier molecular flexibility index (Phi) is 11.9. The predicted octanol–water partition coefficient (Wildman–Crippen LogP) is 1.46. The lowest BCUT2D eigenvalue weighted by atomic mass is 10.2. The molecule has 0 saturated heterocycles. The molecule has 0 unspecified atom stereocenters. The molecule has 0 aliphatic heterocycles. The average Bonchev–Trinajstić information content (AvgIpc) is 2.38. The van der Waals surface area contributed by atoms with Crippen LogP contribution in [0.2, 0.25) is 0 Å². The number of carboxylic acids is 3. The lowest BCUT2D eigenvalue weighted by Gasteiger charge is -2.00. The van der Waals surface area contributed by atoms with E-state index in [1.807, 2.05) is 0 Å². The minimum atomic E-state index is -1.00. The number of carboxylic acid groups (broad SMARTS) is 3. The fourth-order valence-corrected chi connectivity index (χ4v) is 0.854. The molecule has 0 heterocycles. The number of esters is 1. The quantitative estimate of drug-likeness (QED) is 0.452. The maximum Gasteiger partial charge on any atom is 0.333 e. The van der Waals surface area contributed by atoms with Crippen molar-refractivity contribution in [2.24, 2.45) is 0 Å². The van der Waals surface area contributed by atoms with Crippen LogP contribution < -0.4 is 0 Å². The van der Waals surface area contributed by atoms with Crippen molar-refractivity contribution in [1.29, 1.82) is 0 Å². The number of aliphatic carboxylic acids is 3. The Hall–Kier alpha value is -2.64. The number of carbonyl (C=O) groups excluding carboxylic acids is 1. The van der Waals surface area contributed by atoms with Crippen LogP contribution in [0.25, 0.3) is 0 Å². The maximum atomic E-state index is 10.6. The molecule has 8 heteroatoms. The molecular weight excluding hydrogens is 296 g/mol. The SMILES string of the molecule is C=C(C)C(=O)OCCC(=O)O.CC(=CCCC(=O)O)C(=O)O. The van der Waals surface area contributed by atoms with Crippen molar-refractivity contribution < 1.29 is 39.2 Å². The molecule has 0 aliphatic carbocycles. The van der Waals surface area contributed by atoms with E-state index in [-0.39, 0.29) is 37.0 Å². The second kappa shape index (κ2) is 12.1. The van der Waals surface area contributed by atoms with Gasteiger partial charge in [0.05, 0.1) is 6.42 Å². The van der Waals surface area contributed by atoms with Crippen LogP contribution in [0.3, 0.4) is 0 Å². The van der Waals surface area contributed by atoms with Gasteiger partial charge in [0.25, 0.3) is 0 Å². The molecule has 124 valence electrons. The van der Waals surface area contributed by atoms with Gasteiger partial charge >= 0.3 is 23.9 Å². The first kappa shape index (κ1) is 21.7. The van der Waals surface area contributed by atoms with Crippen molar-refractivity contribution in [2.45, 2.75) is 33.1 Å². The van der Waals surface area contributed by atoms with E-state index in [9.17, 15) is 19.2 Å². The van der Waals surface area contributed by atoms with E-state index >= 15 is 0 Å². The number of allylic oxidation sites excluding steroid dienone is 1. The molecule has 0 amide bonds. The zero-order chi connectivity index (χ0) is 17.7. The molecule has 8 nitrogen and oxygen atoms in total.